The average molecular weight is 255 g/mol. The third-order valence-corrected chi connectivity index (χ3v) is 2.71. The van der Waals surface area contributed by atoms with Gasteiger partial charge in [0.25, 0.3) is 0 Å². The Morgan fingerprint density at radius 1 is 1.39 bits per heavy atom. The molecule has 0 saturated carbocycles. The quantitative estimate of drug-likeness (QED) is 0.782. The lowest BCUT2D eigenvalue weighted by molar-refractivity contribution is -0.141. The topological polar surface area (TPSA) is 72.6 Å². The van der Waals surface area contributed by atoms with Gasteiger partial charge in [0.1, 0.15) is 11.6 Å². The Morgan fingerprint density at radius 3 is 2.50 bits per heavy atom. The highest BCUT2D eigenvalue weighted by atomic mass is 19.1. The van der Waals surface area contributed by atoms with Crippen LogP contribution in [0, 0.1) is 11.7 Å². The standard InChI is InChI=1S/C13H18FNO3/c1-9(2-3-10(8-15)13(16)17)18-12-6-4-11(14)5-7-12/h4-7,9-10H,2-3,8,15H2,1H3,(H,16,17). The molecule has 1 aromatic carbocycles. The van der Waals surface area contributed by atoms with E-state index in [0.29, 0.717) is 18.6 Å². The molecule has 1 rings (SSSR count). The van der Waals surface area contributed by atoms with Gasteiger partial charge in [-0.25, -0.2) is 4.39 Å². The number of rotatable bonds is 7. The SMILES string of the molecule is CC(CCC(CN)C(=O)O)Oc1ccc(F)cc1. The molecule has 0 radical (unpaired) electrons. The number of hydrogen-bond acceptors (Lipinski definition) is 3. The van der Waals surface area contributed by atoms with Gasteiger partial charge in [-0.3, -0.25) is 4.79 Å². The molecule has 0 aromatic heterocycles. The second-order valence-corrected chi connectivity index (χ2v) is 4.23. The molecular weight excluding hydrogens is 237 g/mol. The Labute approximate surface area is 106 Å². The number of benzene rings is 1. The van der Waals surface area contributed by atoms with Crippen molar-refractivity contribution in [1.29, 1.82) is 0 Å². The molecule has 18 heavy (non-hydrogen) atoms. The van der Waals surface area contributed by atoms with Crippen LogP contribution in [0.1, 0.15) is 19.8 Å². The van der Waals surface area contributed by atoms with E-state index >= 15 is 0 Å². The van der Waals surface area contributed by atoms with Crippen LogP contribution in [0.5, 0.6) is 5.75 Å². The highest BCUT2D eigenvalue weighted by Gasteiger charge is 2.17. The summed E-state index contributed by atoms with van der Waals surface area (Å²) in [6.07, 6.45) is 0.920. The van der Waals surface area contributed by atoms with Crippen LogP contribution in [0.3, 0.4) is 0 Å². The third-order valence-electron chi connectivity index (χ3n) is 2.71. The molecule has 1 aromatic rings. The molecule has 0 saturated heterocycles. The largest absolute Gasteiger partial charge is 0.491 e. The molecule has 4 nitrogen and oxygen atoms in total. The minimum Gasteiger partial charge on any atom is -0.491 e. The molecule has 3 N–H and O–H groups in total. The summed E-state index contributed by atoms with van der Waals surface area (Å²) in [5.74, 6) is -1.16. The van der Waals surface area contributed by atoms with Crippen molar-refractivity contribution in [3.8, 4) is 5.75 Å². The van der Waals surface area contributed by atoms with Crippen LogP contribution < -0.4 is 10.5 Å². The molecule has 0 bridgehead atoms. The first-order valence-corrected chi connectivity index (χ1v) is 5.88. The van der Waals surface area contributed by atoms with Crippen LogP contribution in [-0.2, 0) is 4.79 Å². The lowest BCUT2D eigenvalue weighted by atomic mass is 10.0. The van der Waals surface area contributed by atoms with E-state index < -0.39 is 11.9 Å². The van der Waals surface area contributed by atoms with Gasteiger partial charge in [-0.2, -0.15) is 0 Å². The van der Waals surface area contributed by atoms with Crippen molar-refractivity contribution in [2.75, 3.05) is 6.54 Å². The maximum absolute atomic E-state index is 12.7. The van der Waals surface area contributed by atoms with E-state index in [1.54, 1.807) is 12.1 Å². The maximum atomic E-state index is 12.7. The van der Waals surface area contributed by atoms with Gasteiger partial charge < -0.3 is 15.6 Å². The summed E-state index contributed by atoms with van der Waals surface area (Å²) in [5, 5.41) is 8.84. The summed E-state index contributed by atoms with van der Waals surface area (Å²) in [7, 11) is 0. The lowest BCUT2D eigenvalue weighted by Crippen LogP contribution is -2.25. The molecule has 100 valence electrons. The minimum atomic E-state index is -0.883. The fourth-order valence-electron chi connectivity index (χ4n) is 1.58. The number of ether oxygens (including phenoxy) is 1. The van der Waals surface area contributed by atoms with E-state index in [-0.39, 0.29) is 18.5 Å². The van der Waals surface area contributed by atoms with E-state index in [0.717, 1.165) is 0 Å². The summed E-state index contributed by atoms with van der Waals surface area (Å²) in [5.41, 5.74) is 5.37. The van der Waals surface area contributed by atoms with Crippen molar-refractivity contribution >= 4 is 5.97 Å². The van der Waals surface area contributed by atoms with Crippen LogP contribution in [0.25, 0.3) is 0 Å². The highest BCUT2D eigenvalue weighted by molar-refractivity contribution is 5.70. The number of aliphatic carboxylic acids is 1. The fraction of sp³-hybridized carbons (Fsp3) is 0.462. The van der Waals surface area contributed by atoms with Crippen LogP contribution in [0.2, 0.25) is 0 Å². The van der Waals surface area contributed by atoms with Gasteiger partial charge >= 0.3 is 5.97 Å². The minimum absolute atomic E-state index is 0.124. The summed E-state index contributed by atoms with van der Waals surface area (Å²) in [6, 6.07) is 5.73. The molecule has 0 aliphatic rings. The van der Waals surface area contributed by atoms with E-state index in [1.165, 1.54) is 12.1 Å². The maximum Gasteiger partial charge on any atom is 0.307 e. The van der Waals surface area contributed by atoms with Gasteiger partial charge in [0.2, 0.25) is 0 Å². The number of carbonyl (C=O) groups is 1. The Balaban J connectivity index is 2.39. The Bertz CT molecular complexity index is 380. The Morgan fingerprint density at radius 2 is 2.00 bits per heavy atom. The molecule has 2 unspecified atom stereocenters. The van der Waals surface area contributed by atoms with Crippen molar-refractivity contribution in [3.63, 3.8) is 0 Å². The molecule has 0 aliphatic carbocycles. The molecule has 0 spiro atoms. The Hall–Kier alpha value is -1.62. The van der Waals surface area contributed by atoms with E-state index in [2.05, 4.69) is 0 Å². The van der Waals surface area contributed by atoms with Crippen molar-refractivity contribution in [2.24, 2.45) is 11.7 Å². The molecule has 5 heteroatoms. The van der Waals surface area contributed by atoms with Crippen molar-refractivity contribution in [3.05, 3.63) is 30.1 Å². The molecule has 0 aliphatic heterocycles. The van der Waals surface area contributed by atoms with Crippen LogP contribution in [-0.4, -0.2) is 23.7 Å². The fourth-order valence-corrected chi connectivity index (χ4v) is 1.58. The zero-order chi connectivity index (χ0) is 13.5. The molecule has 2 atom stereocenters. The van der Waals surface area contributed by atoms with E-state index in [4.69, 9.17) is 15.6 Å². The third kappa shape index (κ3) is 4.71. The van der Waals surface area contributed by atoms with Crippen molar-refractivity contribution in [2.45, 2.75) is 25.9 Å². The smallest absolute Gasteiger partial charge is 0.307 e. The van der Waals surface area contributed by atoms with Gasteiger partial charge in [-0.05, 0) is 44.0 Å². The van der Waals surface area contributed by atoms with Crippen LogP contribution in [0.15, 0.2) is 24.3 Å². The van der Waals surface area contributed by atoms with Crippen molar-refractivity contribution < 1.29 is 19.0 Å². The molecule has 0 amide bonds. The van der Waals surface area contributed by atoms with Crippen LogP contribution >= 0.6 is 0 Å². The number of nitrogens with two attached hydrogens (primary N) is 1. The first kappa shape index (κ1) is 14.4. The van der Waals surface area contributed by atoms with Gasteiger partial charge in [0.15, 0.2) is 0 Å². The summed E-state index contributed by atoms with van der Waals surface area (Å²) in [4.78, 5) is 10.8. The predicted octanol–water partition coefficient (Wildman–Crippen LogP) is 2.03. The second kappa shape index (κ2) is 6.96. The number of hydrogen-bond donors (Lipinski definition) is 2. The zero-order valence-corrected chi connectivity index (χ0v) is 10.3. The predicted molar refractivity (Wildman–Crippen MR) is 65.9 cm³/mol. The van der Waals surface area contributed by atoms with Crippen molar-refractivity contribution in [1.82, 2.24) is 0 Å². The normalized spacial score (nSPS) is 13.9. The average Bonchev–Trinajstić information content (AvgIpc) is 2.32. The van der Waals surface area contributed by atoms with E-state index in [1.807, 2.05) is 6.92 Å². The number of halogens is 1. The summed E-state index contributed by atoms with van der Waals surface area (Å²) < 4.78 is 18.2. The lowest BCUT2D eigenvalue weighted by Gasteiger charge is -2.16. The molecular formula is C13H18FNO3. The van der Waals surface area contributed by atoms with Gasteiger partial charge in [0, 0.05) is 6.54 Å². The van der Waals surface area contributed by atoms with E-state index in [9.17, 15) is 9.18 Å². The van der Waals surface area contributed by atoms with Gasteiger partial charge in [-0.1, -0.05) is 0 Å². The highest BCUT2D eigenvalue weighted by Crippen LogP contribution is 2.16. The number of carboxylic acid groups (broad SMARTS) is 1. The van der Waals surface area contributed by atoms with Crippen LogP contribution in [0.4, 0.5) is 4.39 Å². The first-order valence-electron chi connectivity index (χ1n) is 5.88. The molecule has 0 fully saturated rings. The monoisotopic (exact) mass is 255 g/mol. The second-order valence-electron chi connectivity index (χ2n) is 4.23. The molecule has 0 heterocycles. The van der Waals surface area contributed by atoms with Gasteiger partial charge in [-0.15, -0.1) is 0 Å². The first-order chi connectivity index (χ1) is 8.52. The summed E-state index contributed by atoms with van der Waals surface area (Å²) >= 11 is 0. The van der Waals surface area contributed by atoms with Gasteiger partial charge in [0.05, 0.1) is 12.0 Å². The Kier molecular flexibility index (Phi) is 5.58. The zero-order valence-electron chi connectivity index (χ0n) is 10.3. The summed E-state index contributed by atoms with van der Waals surface area (Å²) in [6.45, 7) is 1.97. The number of carboxylic acids is 1.